The van der Waals surface area contributed by atoms with Gasteiger partial charge in [0.1, 0.15) is 0 Å². The van der Waals surface area contributed by atoms with Gasteiger partial charge in [-0.2, -0.15) is 0 Å². The van der Waals surface area contributed by atoms with Crippen molar-refractivity contribution < 1.29 is 9.59 Å². The molecule has 0 radical (unpaired) electrons. The largest absolute Gasteiger partial charge is 0.295 e. The normalized spacial score (nSPS) is 10.2. The highest BCUT2D eigenvalue weighted by Gasteiger charge is 1.98. The molecule has 0 spiro atoms. The van der Waals surface area contributed by atoms with Gasteiger partial charge in [-0.05, 0) is 12.3 Å². The summed E-state index contributed by atoms with van der Waals surface area (Å²) in [5.74, 6) is 0.478. The predicted octanol–water partition coefficient (Wildman–Crippen LogP) is 2.36. The van der Waals surface area contributed by atoms with Crippen LogP contribution < -0.4 is 0 Å². The average Bonchev–Trinajstić information content (AvgIpc) is 2.03. The molecule has 0 saturated heterocycles. The Balaban J connectivity index is 3.11. The first kappa shape index (κ1) is 11.3. The minimum atomic E-state index is -0.264. The van der Waals surface area contributed by atoms with Gasteiger partial charge in [0.25, 0.3) is 0 Å². The van der Waals surface area contributed by atoms with Crippen LogP contribution in [0.3, 0.4) is 0 Å². The molecule has 2 heteroatoms. The van der Waals surface area contributed by atoms with Crippen molar-refractivity contribution in [3.8, 4) is 0 Å². The van der Waals surface area contributed by atoms with Gasteiger partial charge in [0, 0.05) is 6.42 Å². The van der Waals surface area contributed by atoms with E-state index in [1.54, 1.807) is 0 Å². The summed E-state index contributed by atoms with van der Waals surface area (Å²) in [6.07, 6.45) is 5.17. The molecule has 0 bridgehead atoms. The van der Waals surface area contributed by atoms with Gasteiger partial charge < -0.3 is 0 Å². The monoisotopic (exact) mass is 170 g/mol. The van der Waals surface area contributed by atoms with E-state index in [9.17, 15) is 9.59 Å². The van der Waals surface area contributed by atoms with Crippen molar-refractivity contribution in [2.75, 3.05) is 0 Å². The third-order valence-corrected chi connectivity index (χ3v) is 1.84. The second kappa shape index (κ2) is 7.01. The van der Waals surface area contributed by atoms with Crippen molar-refractivity contribution in [2.45, 2.75) is 46.0 Å². The second-order valence-corrected chi connectivity index (χ2v) is 3.58. The quantitative estimate of drug-likeness (QED) is 0.334. The highest BCUT2D eigenvalue weighted by Crippen LogP contribution is 2.09. The van der Waals surface area contributed by atoms with Gasteiger partial charge in [0.15, 0.2) is 12.1 Å². The van der Waals surface area contributed by atoms with E-state index in [-0.39, 0.29) is 5.78 Å². The number of unbranched alkanes of at least 4 members (excludes halogenated alkanes) is 2. The van der Waals surface area contributed by atoms with Crippen LogP contribution >= 0.6 is 0 Å². The third kappa shape index (κ3) is 7.45. The van der Waals surface area contributed by atoms with Crippen LogP contribution in [0.4, 0.5) is 0 Å². The van der Waals surface area contributed by atoms with Gasteiger partial charge in [0.05, 0.1) is 0 Å². The summed E-state index contributed by atoms with van der Waals surface area (Å²) < 4.78 is 0. The molecule has 2 nitrogen and oxygen atoms in total. The molecule has 0 N–H and O–H groups in total. The number of Topliss-reactive ketones (excluding diaryl/α,β-unsaturated/α-hetero) is 1. The zero-order valence-corrected chi connectivity index (χ0v) is 8.01. The predicted molar refractivity (Wildman–Crippen MR) is 49.0 cm³/mol. The van der Waals surface area contributed by atoms with Crippen LogP contribution in [-0.4, -0.2) is 12.1 Å². The molecular formula is C10H18O2. The number of hydrogen-bond donors (Lipinski definition) is 0. The van der Waals surface area contributed by atoms with Crippen molar-refractivity contribution in [2.24, 2.45) is 5.92 Å². The molecule has 0 aliphatic carbocycles. The van der Waals surface area contributed by atoms with Crippen molar-refractivity contribution in [1.82, 2.24) is 0 Å². The van der Waals surface area contributed by atoms with E-state index in [2.05, 4.69) is 13.8 Å². The number of carbonyl (C=O) groups excluding carboxylic acids is 2. The minimum Gasteiger partial charge on any atom is -0.295 e. The second-order valence-electron chi connectivity index (χ2n) is 3.58. The Morgan fingerprint density at radius 3 is 2.42 bits per heavy atom. The Hall–Kier alpha value is -0.660. The lowest BCUT2D eigenvalue weighted by Gasteiger charge is -2.02. The van der Waals surface area contributed by atoms with Crippen molar-refractivity contribution in [3.63, 3.8) is 0 Å². The number of aldehydes is 1. The first-order chi connectivity index (χ1) is 5.66. The molecule has 0 aromatic carbocycles. The first-order valence-electron chi connectivity index (χ1n) is 4.65. The van der Waals surface area contributed by atoms with Gasteiger partial charge in [0.2, 0.25) is 0 Å². The molecule has 0 heterocycles. The average molecular weight is 170 g/mol. The van der Waals surface area contributed by atoms with Crippen LogP contribution in [0.15, 0.2) is 0 Å². The maximum absolute atomic E-state index is 10.5. The van der Waals surface area contributed by atoms with Crippen LogP contribution in [0.5, 0.6) is 0 Å². The number of rotatable bonds is 7. The Morgan fingerprint density at radius 2 is 1.92 bits per heavy atom. The van der Waals surface area contributed by atoms with Crippen molar-refractivity contribution in [3.05, 3.63) is 0 Å². The molecule has 12 heavy (non-hydrogen) atoms. The van der Waals surface area contributed by atoms with Crippen molar-refractivity contribution in [1.29, 1.82) is 0 Å². The van der Waals surface area contributed by atoms with E-state index >= 15 is 0 Å². The molecule has 0 aromatic heterocycles. The minimum absolute atomic E-state index is 0.264. The van der Waals surface area contributed by atoms with Crippen LogP contribution in [-0.2, 0) is 9.59 Å². The fraction of sp³-hybridized carbons (Fsp3) is 0.800. The summed E-state index contributed by atoms with van der Waals surface area (Å²) in [6.45, 7) is 4.38. The van der Waals surface area contributed by atoms with Gasteiger partial charge in [-0.15, -0.1) is 0 Å². The molecular weight excluding hydrogens is 152 g/mol. The maximum atomic E-state index is 10.5. The molecule has 0 fully saturated rings. The van der Waals surface area contributed by atoms with E-state index in [0.29, 0.717) is 12.7 Å². The highest BCUT2D eigenvalue weighted by atomic mass is 16.2. The molecule has 0 unspecified atom stereocenters. The number of hydrogen-bond acceptors (Lipinski definition) is 2. The Bertz CT molecular complexity index is 139. The molecule has 0 aromatic rings. The van der Waals surface area contributed by atoms with E-state index in [0.717, 1.165) is 18.8 Å². The lowest BCUT2D eigenvalue weighted by Crippen LogP contribution is -1.98. The van der Waals surface area contributed by atoms with Crippen LogP contribution in [0.2, 0.25) is 0 Å². The molecule has 0 aliphatic heterocycles. The molecule has 0 aliphatic rings. The van der Waals surface area contributed by atoms with E-state index < -0.39 is 0 Å². The Morgan fingerprint density at radius 1 is 1.25 bits per heavy atom. The lowest BCUT2D eigenvalue weighted by atomic mass is 10.0. The standard InChI is InChI=1S/C10H18O2/c1-9(2)6-4-3-5-7-10(12)8-11/h8-9H,3-7H2,1-2H3. The smallest absolute Gasteiger partial charge is 0.195 e. The molecule has 0 rings (SSSR count). The van der Waals surface area contributed by atoms with E-state index in [1.807, 2.05) is 0 Å². The molecule has 0 saturated carbocycles. The number of ketones is 1. The molecule has 70 valence electrons. The Kier molecular flexibility index (Phi) is 6.63. The fourth-order valence-corrected chi connectivity index (χ4v) is 1.09. The van der Waals surface area contributed by atoms with Gasteiger partial charge >= 0.3 is 0 Å². The molecule has 0 atom stereocenters. The summed E-state index contributed by atoms with van der Waals surface area (Å²) in [5.41, 5.74) is 0. The summed E-state index contributed by atoms with van der Waals surface area (Å²) in [5, 5.41) is 0. The van der Waals surface area contributed by atoms with Gasteiger partial charge in [-0.25, -0.2) is 0 Å². The molecule has 0 amide bonds. The van der Waals surface area contributed by atoms with Crippen molar-refractivity contribution >= 4 is 12.1 Å². The topological polar surface area (TPSA) is 34.1 Å². The lowest BCUT2D eigenvalue weighted by molar-refractivity contribution is -0.129. The first-order valence-corrected chi connectivity index (χ1v) is 4.65. The SMILES string of the molecule is CC(C)CCCCCC(=O)C=O. The zero-order valence-electron chi connectivity index (χ0n) is 8.01. The maximum Gasteiger partial charge on any atom is 0.195 e. The van der Waals surface area contributed by atoms with Crippen LogP contribution in [0.25, 0.3) is 0 Å². The van der Waals surface area contributed by atoms with Crippen LogP contribution in [0.1, 0.15) is 46.0 Å². The van der Waals surface area contributed by atoms with E-state index in [1.165, 1.54) is 12.8 Å². The highest BCUT2D eigenvalue weighted by molar-refractivity contribution is 6.24. The van der Waals surface area contributed by atoms with Crippen LogP contribution in [0, 0.1) is 5.92 Å². The summed E-state index contributed by atoms with van der Waals surface area (Å²) >= 11 is 0. The van der Waals surface area contributed by atoms with E-state index in [4.69, 9.17) is 0 Å². The third-order valence-electron chi connectivity index (χ3n) is 1.84. The summed E-state index contributed by atoms with van der Waals surface area (Å²) in [4.78, 5) is 20.5. The zero-order chi connectivity index (χ0) is 9.40. The summed E-state index contributed by atoms with van der Waals surface area (Å²) in [6, 6.07) is 0. The van der Waals surface area contributed by atoms with Gasteiger partial charge in [-0.1, -0.05) is 33.1 Å². The number of carbonyl (C=O) groups is 2. The Labute approximate surface area is 74.3 Å². The summed E-state index contributed by atoms with van der Waals surface area (Å²) in [7, 11) is 0. The fourth-order valence-electron chi connectivity index (χ4n) is 1.09. The van der Waals surface area contributed by atoms with Gasteiger partial charge in [-0.3, -0.25) is 9.59 Å².